The van der Waals surface area contributed by atoms with Gasteiger partial charge in [0.1, 0.15) is 17.3 Å². The van der Waals surface area contributed by atoms with Crippen molar-refractivity contribution >= 4 is 47.3 Å². The molecule has 0 unspecified atom stereocenters. The summed E-state index contributed by atoms with van der Waals surface area (Å²) in [6.07, 6.45) is 0. The third-order valence-corrected chi connectivity index (χ3v) is 4.83. The van der Waals surface area contributed by atoms with E-state index in [0.717, 1.165) is 0 Å². The number of ether oxygens (including phenoxy) is 1. The molecule has 6 nitrogen and oxygen atoms in total. The van der Waals surface area contributed by atoms with Gasteiger partial charge < -0.3 is 9.30 Å². The van der Waals surface area contributed by atoms with Gasteiger partial charge in [0.15, 0.2) is 11.6 Å². The topological polar surface area (TPSA) is 74.1 Å². The van der Waals surface area contributed by atoms with Gasteiger partial charge in [0.25, 0.3) is 9.05 Å². The second kappa shape index (κ2) is 6.12. The molecular weight excluding hydrogens is 405 g/mol. The van der Waals surface area contributed by atoms with Crippen LogP contribution in [0.15, 0.2) is 21.5 Å². The fourth-order valence-corrected chi connectivity index (χ4v) is 3.64. The summed E-state index contributed by atoms with van der Waals surface area (Å²) in [4.78, 5) is -0.206. The first-order valence-electron chi connectivity index (χ1n) is 5.61. The van der Waals surface area contributed by atoms with Gasteiger partial charge in [0.05, 0.1) is 5.02 Å². The van der Waals surface area contributed by atoms with Crippen LogP contribution in [-0.4, -0.2) is 23.2 Å². The molecule has 2 rings (SSSR count). The van der Waals surface area contributed by atoms with E-state index in [1.54, 1.807) is 18.5 Å². The molecule has 0 aliphatic heterocycles. The van der Waals surface area contributed by atoms with E-state index < -0.39 is 9.05 Å². The number of rotatable bonds is 4. The lowest BCUT2D eigenvalue weighted by molar-refractivity contribution is 0.283. The maximum Gasteiger partial charge on any atom is 0.265 e. The highest BCUT2D eigenvalue weighted by atomic mass is 79.9. The third kappa shape index (κ3) is 3.68. The summed E-state index contributed by atoms with van der Waals surface area (Å²) in [5, 5.41) is 7.93. The minimum atomic E-state index is -4.00. The molecule has 0 atom stereocenters. The summed E-state index contributed by atoms with van der Waals surface area (Å²) in [6.45, 7) is 1.80. The Hall–Kier alpha value is -0.830. The van der Waals surface area contributed by atoms with Crippen LogP contribution >= 0.6 is 38.2 Å². The zero-order valence-electron chi connectivity index (χ0n) is 11.0. The van der Waals surface area contributed by atoms with E-state index in [0.29, 0.717) is 16.1 Å². The van der Waals surface area contributed by atoms with Crippen LogP contribution < -0.4 is 4.74 Å². The molecule has 0 amide bonds. The summed E-state index contributed by atoms with van der Waals surface area (Å²) in [5.41, 5.74) is 0. The number of aryl methyl sites for hydroxylation is 1. The molecule has 0 aliphatic carbocycles. The highest BCUT2D eigenvalue weighted by Crippen LogP contribution is 2.37. The Labute approximate surface area is 139 Å². The van der Waals surface area contributed by atoms with Crippen molar-refractivity contribution < 1.29 is 13.2 Å². The highest BCUT2D eigenvalue weighted by Gasteiger charge is 2.21. The number of benzene rings is 1. The predicted molar refractivity (Wildman–Crippen MR) is 82.3 cm³/mol. The van der Waals surface area contributed by atoms with Crippen molar-refractivity contribution in [2.24, 2.45) is 7.05 Å². The molecule has 0 saturated carbocycles. The van der Waals surface area contributed by atoms with E-state index in [2.05, 4.69) is 26.1 Å². The Morgan fingerprint density at radius 1 is 1.38 bits per heavy atom. The van der Waals surface area contributed by atoms with Gasteiger partial charge in [-0.1, -0.05) is 27.5 Å². The smallest absolute Gasteiger partial charge is 0.265 e. The Kier molecular flexibility index (Phi) is 4.82. The molecule has 0 N–H and O–H groups in total. The van der Waals surface area contributed by atoms with Crippen LogP contribution in [0.2, 0.25) is 5.02 Å². The van der Waals surface area contributed by atoms with Gasteiger partial charge in [0.2, 0.25) is 0 Å². The maximum atomic E-state index is 11.6. The van der Waals surface area contributed by atoms with Crippen LogP contribution in [0.3, 0.4) is 0 Å². The molecular formula is C11H10BrCl2N3O3S. The normalized spacial score (nSPS) is 11.7. The summed E-state index contributed by atoms with van der Waals surface area (Å²) < 4.78 is 30.9. The predicted octanol–water partition coefficient (Wildman–Crippen LogP) is 3.05. The number of hydrogen-bond acceptors (Lipinski definition) is 5. The van der Waals surface area contributed by atoms with Crippen molar-refractivity contribution in [3.63, 3.8) is 0 Å². The summed E-state index contributed by atoms with van der Waals surface area (Å²) in [6, 6.07) is 2.84. The third-order valence-electron chi connectivity index (χ3n) is 2.77. The highest BCUT2D eigenvalue weighted by molar-refractivity contribution is 9.10. The zero-order chi connectivity index (χ0) is 15.8. The van der Waals surface area contributed by atoms with E-state index >= 15 is 0 Å². The molecule has 114 valence electrons. The quantitative estimate of drug-likeness (QED) is 0.718. The van der Waals surface area contributed by atoms with Crippen molar-refractivity contribution in [3.05, 3.63) is 33.3 Å². The zero-order valence-corrected chi connectivity index (χ0v) is 14.9. The van der Waals surface area contributed by atoms with Gasteiger partial charge >= 0.3 is 0 Å². The van der Waals surface area contributed by atoms with Gasteiger partial charge in [-0.3, -0.25) is 0 Å². The van der Waals surface area contributed by atoms with Gasteiger partial charge in [-0.2, -0.15) is 0 Å². The molecule has 1 aromatic carbocycles. The summed E-state index contributed by atoms with van der Waals surface area (Å²) in [5.74, 6) is 1.22. The fraction of sp³-hybridized carbons (Fsp3) is 0.273. The molecule has 1 heterocycles. The Bertz CT molecular complexity index is 792. The molecule has 0 aliphatic rings. The van der Waals surface area contributed by atoms with Gasteiger partial charge in [-0.15, -0.1) is 10.2 Å². The van der Waals surface area contributed by atoms with Crippen LogP contribution in [0.5, 0.6) is 5.75 Å². The van der Waals surface area contributed by atoms with Gasteiger partial charge in [-0.05, 0) is 19.1 Å². The van der Waals surface area contributed by atoms with Crippen molar-refractivity contribution in [1.82, 2.24) is 14.8 Å². The van der Waals surface area contributed by atoms with Crippen molar-refractivity contribution in [2.75, 3.05) is 0 Å². The maximum absolute atomic E-state index is 11.6. The van der Waals surface area contributed by atoms with Gasteiger partial charge in [-0.25, -0.2) is 8.42 Å². The lowest BCUT2D eigenvalue weighted by Crippen LogP contribution is -2.07. The molecule has 10 heteroatoms. The van der Waals surface area contributed by atoms with E-state index in [9.17, 15) is 8.42 Å². The Morgan fingerprint density at radius 3 is 2.57 bits per heavy atom. The lowest BCUT2D eigenvalue weighted by atomic mass is 10.3. The van der Waals surface area contributed by atoms with Crippen LogP contribution in [0, 0.1) is 6.92 Å². The monoisotopic (exact) mass is 413 g/mol. The largest absolute Gasteiger partial charge is 0.483 e. The minimum absolute atomic E-state index is 0.0120. The number of hydrogen-bond donors (Lipinski definition) is 0. The van der Waals surface area contributed by atoms with Crippen LogP contribution in [0.4, 0.5) is 0 Å². The van der Waals surface area contributed by atoms with Gasteiger partial charge in [0, 0.05) is 22.2 Å². The first-order valence-corrected chi connectivity index (χ1v) is 9.09. The number of aromatic nitrogens is 3. The van der Waals surface area contributed by atoms with Crippen LogP contribution in [0.25, 0.3) is 0 Å². The summed E-state index contributed by atoms with van der Waals surface area (Å²) >= 11 is 9.19. The van der Waals surface area contributed by atoms with E-state index in [4.69, 9.17) is 27.0 Å². The SMILES string of the molecule is Cc1nnc(COc2c(Cl)cc(Br)cc2S(=O)(=O)Cl)n1C. The molecule has 0 fully saturated rings. The lowest BCUT2D eigenvalue weighted by Gasteiger charge is -2.11. The first kappa shape index (κ1) is 16.5. The first-order chi connectivity index (χ1) is 9.70. The van der Waals surface area contributed by atoms with Crippen molar-refractivity contribution in [2.45, 2.75) is 18.4 Å². The van der Waals surface area contributed by atoms with E-state index in [-0.39, 0.29) is 22.3 Å². The molecule has 0 saturated heterocycles. The number of nitrogens with zero attached hydrogens (tertiary/aromatic N) is 3. The van der Waals surface area contributed by atoms with Crippen LogP contribution in [-0.2, 0) is 22.7 Å². The second-order valence-corrected chi connectivity index (χ2v) is 8.02. The van der Waals surface area contributed by atoms with E-state index in [1.165, 1.54) is 12.1 Å². The minimum Gasteiger partial charge on any atom is -0.483 e. The Balaban J connectivity index is 2.38. The molecule has 1 aromatic heterocycles. The molecule has 0 radical (unpaired) electrons. The average Bonchev–Trinajstić information content (AvgIpc) is 2.67. The molecule has 21 heavy (non-hydrogen) atoms. The fourth-order valence-electron chi connectivity index (χ4n) is 1.57. The van der Waals surface area contributed by atoms with Crippen LogP contribution in [0.1, 0.15) is 11.6 Å². The molecule has 0 spiro atoms. The number of halogens is 3. The second-order valence-electron chi connectivity index (χ2n) is 4.16. The van der Waals surface area contributed by atoms with E-state index in [1.807, 2.05) is 0 Å². The molecule has 2 aromatic rings. The molecule has 0 bridgehead atoms. The Morgan fingerprint density at radius 2 is 2.05 bits per heavy atom. The van der Waals surface area contributed by atoms with Crippen molar-refractivity contribution in [1.29, 1.82) is 0 Å². The summed E-state index contributed by atoms with van der Waals surface area (Å²) in [7, 11) is 3.18. The average molecular weight is 415 g/mol. The standard InChI is InChI=1S/C11H10BrCl2N3O3S/c1-6-15-16-10(17(6)2)5-20-11-8(13)3-7(12)4-9(11)21(14,18)19/h3-4H,5H2,1-2H3. The van der Waals surface area contributed by atoms with Crippen molar-refractivity contribution in [3.8, 4) is 5.75 Å².